The highest BCUT2D eigenvalue weighted by atomic mass is 16.5. The van der Waals surface area contributed by atoms with E-state index in [1.807, 2.05) is 44.2 Å². The molecule has 2 amide bonds. The average Bonchev–Trinajstić information content (AvgIpc) is 3.23. The number of fused-ring (bicyclic) bond motifs is 3. The third-order valence-corrected chi connectivity index (χ3v) is 6.92. The Kier molecular flexibility index (Phi) is 7.84. The van der Waals surface area contributed by atoms with Gasteiger partial charge in [-0.25, -0.2) is 4.79 Å². The third-order valence-electron chi connectivity index (χ3n) is 6.92. The number of ether oxygens (including phenoxy) is 1. The van der Waals surface area contributed by atoms with Crippen molar-refractivity contribution in [3.63, 3.8) is 0 Å². The molecule has 0 bridgehead atoms. The van der Waals surface area contributed by atoms with Crippen molar-refractivity contribution >= 4 is 17.8 Å². The van der Waals surface area contributed by atoms with Gasteiger partial charge in [-0.15, -0.1) is 0 Å². The van der Waals surface area contributed by atoms with Crippen LogP contribution in [0.2, 0.25) is 0 Å². The molecule has 0 saturated carbocycles. The lowest BCUT2D eigenvalue weighted by Gasteiger charge is -2.25. The van der Waals surface area contributed by atoms with Crippen molar-refractivity contribution in [2.75, 3.05) is 6.61 Å². The smallest absolute Gasteiger partial charge is 0.407 e. The van der Waals surface area contributed by atoms with E-state index in [9.17, 15) is 14.4 Å². The summed E-state index contributed by atoms with van der Waals surface area (Å²) in [5, 5.41) is 5.50. The molecule has 0 spiro atoms. The van der Waals surface area contributed by atoms with E-state index in [0.29, 0.717) is 12.0 Å². The molecule has 6 heteroatoms. The minimum atomic E-state index is -0.823. The first-order valence-electron chi connectivity index (χ1n) is 12.4. The van der Waals surface area contributed by atoms with Crippen molar-refractivity contribution in [3.05, 3.63) is 95.6 Å². The molecular formula is C30H32N2O4. The maximum Gasteiger partial charge on any atom is 0.407 e. The Balaban J connectivity index is 1.40. The van der Waals surface area contributed by atoms with Crippen molar-refractivity contribution < 1.29 is 19.1 Å². The molecule has 0 fully saturated rings. The molecular weight excluding hydrogens is 452 g/mol. The molecule has 3 atom stereocenters. The van der Waals surface area contributed by atoms with E-state index in [4.69, 9.17) is 4.74 Å². The summed E-state index contributed by atoms with van der Waals surface area (Å²) in [6.07, 6.45) is 0.0160. The molecule has 3 aromatic rings. The lowest BCUT2D eigenvalue weighted by molar-refractivity contribution is -0.124. The Morgan fingerprint density at radius 3 is 1.94 bits per heavy atom. The van der Waals surface area contributed by atoms with Crippen LogP contribution in [0.3, 0.4) is 0 Å². The van der Waals surface area contributed by atoms with E-state index >= 15 is 0 Å². The van der Waals surface area contributed by atoms with Gasteiger partial charge in [0.25, 0.3) is 0 Å². The van der Waals surface area contributed by atoms with E-state index in [0.717, 1.165) is 22.3 Å². The van der Waals surface area contributed by atoms with Crippen LogP contribution in [-0.4, -0.2) is 36.5 Å². The summed E-state index contributed by atoms with van der Waals surface area (Å²) >= 11 is 0. The number of hydrogen-bond acceptors (Lipinski definition) is 4. The number of hydrogen-bond donors (Lipinski definition) is 2. The number of Topliss-reactive ketones (excluding diaryl/α,β-unsaturated/α-hetero) is 1. The molecule has 4 rings (SSSR count). The van der Waals surface area contributed by atoms with Gasteiger partial charge < -0.3 is 15.4 Å². The predicted molar refractivity (Wildman–Crippen MR) is 140 cm³/mol. The first-order valence-corrected chi connectivity index (χ1v) is 12.4. The van der Waals surface area contributed by atoms with Gasteiger partial charge in [0, 0.05) is 11.5 Å². The molecule has 0 unspecified atom stereocenters. The Hall–Kier alpha value is -3.93. The van der Waals surface area contributed by atoms with Crippen LogP contribution in [0.1, 0.15) is 54.6 Å². The summed E-state index contributed by atoms with van der Waals surface area (Å²) in [6, 6.07) is 23.5. The number of carbonyl (C=O) groups is 3. The van der Waals surface area contributed by atoms with Crippen molar-refractivity contribution in [1.29, 1.82) is 0 Å². The summed E-state index contributed by atoms with van der Waals surface area (Å²) in [7, 11) is 0. The minimum Gasteiger partial charge on any atom is -0.449 e. The summed E-state index contributed by atoms with van der Waals surface area (Å²) in [6.45, 7) is 5.65. The van der Waals surface area contributed by atoms with Crippen molar-refractivity contribution in [2.24, 2.45) is 5.92 Å². The highest BCUT2D eigenvalue weighted by Gasteiger charge is 2.31. The number of benzene rings is 3. The molecule has 0 saturated heterocycles. The fourth-order valence-corrected chi connectivity index (χ4v) is 4.69. The summed E-state index contributed by atoms with van der Waals surface area (Å²) in [5.74, 6) is -0.810. The minimum absolute atomic E-state index is 0.0671. The monoisotopic (exact) mass is 484 g/mol. The largest absolute Gasteiger partial charge is 0.449 e. The Morgan fingerprint density at radius 2 is 1.36 bits per heavy atom. The molecule has 1 aliphatic carbocycles. The van der Waals surface area contributed by atoms with Gasteiger partial charge in [0.2, 0.25) is 5.91 Å². The topological polar surface area (TPSA) is 84.5 Å². The second-order valence-corrected chi connectivity index (χ2v) is 9.29. The van der Waals surface area contributed by atoms with Crippen LogP contribution in [0, 0.1) is 5.92 Å². The number of carbonyl (C=O) groups excluding carboxylic acids is 3. The molecule has 0 heterocycles. The zero-order valence-corrected chi connectivity index (χ0v) is 20.9. The molecule has 0 aromatic heterocycles. The first kappa shape index (κ1) is 25.2. The van der Waals surface area contributed by atoms with Crippen molar-refractivity contribution in [2.45, 2.75) is 45.2 Å². The van der Waals surface area contributed by atoms with Crippen LogP contribution in [0.4, 0.5) is 4.79 Å². The predicted octanol–water partition coefficient (Wildman–Crippen LogP) is 5.33. The van der Waals surface area contributed by atoms with Crippen LogP contribution in [-0.2, 0) is 9.53 Å². The van der Waals surface area contributed by atoms with Gasteiger partial charge in [0.05, 0.1) is 6.04 Å². The second-order valence-electron chi connectivity index (χ2n) is 9.29. The number of ketones is 1. The fourth-order valence-electron chi connectivity index (χ4n) is 4.69. The molecule has 1 aliphatic rings. The van der Waals surface area contributed by atoms with Gasteiger partial charge in [-0.2, -0.15) is 0 Å². The summed E-state index contributed by atoms with van der Waals surface area (Å²) in [4.78, 5) is 38.6. The Morgan fingerprint density at radius 1 is 0.806 bits per heavy atom. The zero-order chi connectivity index (χ0) is 25.7. The van der Waals surface area contributed by atoms with E-state index in [2.05, 4.69) is 34.9 Å². The van der Waals surface area contributed by atoms with Gasteiger partial charge in [0.1, 0.15) is 12.6 Å². The zero-order valence-electron chi connectivity index (χ0n) is 20.9. The lowest BCUT2D eigenvalue weighted by Crippen LogP contribution is -2.53. The van der Waals surface area contributed by atoms with E-state index < -0.39 is 24.1 Å². The molecule has 186 valence electrons. The van der Waals surface area contributed by atoms with Gasteiger partial charge in [-0.1, -0.05) is 99.1 Å². The highest BCUT2D eigenvalue weighted by molar-refractivity contribution is 6.02. The van der Waals surface area contributed by atoms with Crippen molar-refractivity contribution in [1.82, 2.24) is 10.6 Å². The van der Waals surface area contributed by atoms with E-state index in [1.165, 1.54) is 0 Å². The first-order chi connectivity index (χ1) is 17.4. The van der Waals surface area contributed by atoms with Crippen molar-refractivity contribution in [3.8, 4) is 11.1 Å². The van der Waals surface area contributed by atoms with Crippen LogP contribution in [0.5, 0.6) is 0 Å². The molecule has 0 aliphatic heterocycles. The van der Waals surface area contributed by atoms with Gasteiger partial charge in [-0.3, -0.25) is 9.59 Å². The van der Waals surface area contributed by atoms with Crippen LogP contribution >= 0.6 is 0 Å². The van der Waals surface area contributed by atoms with E-state index in [-0.39, 0.29) is 24.2 Å². The Bertz CT molecular complexity index is 1190. The maximum atomic E-state index is 13.1. The SMILES string of the molecule is CC[C@H](C)[C@H](NC(=O)OCC1c2ccccc2-c2ccccc21)C(=O)N[C@@H](C)C(=O)c1ccccc1. The normalized spacial score (nSPS) is 14.6. The molecule has 3 aromatic carbocycles. The van der Waals surface area contributed by atoms with E-state index in [1.54, 1.807) is 31.2 Å². The summed E-state index contributed by atoms with van der Waals surface area (Å²) in [5.41, 5.74) is 5.06. The second kappa shape index (κ2) is 11.2. The average molecular weight is 485 g/mol. The number of rotatable bonds is 9. The van der Waals surface area contributed by atoms with Gasteiger partial charge in [0.15, 0.2) is 5.78 Å². The number of amides is 2. The molecule has 2 N–H and O–H groups in total. The number of nitrogens with one attached hydrogen (secondary N) is 2. The number of alkyl carbamates (subject to hydrolysis) is 1. The van der Waals surface area contributed by atoms with Crippen LogP contribution < -0.4 is 10.6 Å². The standard InChI is InChI=1S/C30H32N2O4/c1-4-19(2)27(29(34)31-20(3)28(33)21-12-6-5-7-13-21)32-30(35)36-18-26-24-16-10-8-14-22(24)23-15-9-11-17-25(23)26/h5-17,19-20,26-27H,4,18H2,1-3H3,(H,31,34)(H,32,35)/t19-,20-,27-/m0/s1. The van der Waals surface area contributed by atoms with Crippen LogP contribution in [0.15, 0.2) is 78.9 Å². The lowest BCUT2D eigenvalue weighted by atomic mass is 9.97. The van der Waals surface area contributed by atoms with Gasteiger partial charge in [-0.05, 0) is 35.1 Å². The summed E-state index contributed by atoms with van der Waals surface area (Å²) < 4.78 is 5.64. The third kappa shape index (κ3) is 5.33. The maximum absolute atomic E-state index is 13.1. The highest BCUT2D eigenvalue weighted by Crippen LogP contribution is 2.44. The van der Waals surface area contributed by atoms with Crippen LogP contribution in [0.25, 0.3) is 11.1 Å². The quantitative estimate of drug-likeness (QED) is 0.402. The molecule has 36 heavy (non-hydrogen) atoms. The molecule has 6 nitrogen and oxygen atoms in total. The Labute approximate surface area is 212 Å². The molecule has 0 radical (unpaired) electrons. The fraction of sp³-hybridized carbons (Fsp3) is 0.300. The van der Waals surface area contributed by atoms with Gasteiger partial charge >= 0.3 is 6.09 Å².